The van der Waals surface area contributed by atoms with Crippen LogP contribution in [0.3, 0.4) is 0 Å². The second-order valence-corrected chi connectivity index (χ2v) is 4.99. The fraction of sp³-hybridized carbons (Fsp3) is 0.235. The van der Waals surface area contributed by atoms with Gasteiger partial charge in [0.25, 0.3) is 0 Å². The number of urea groups is 1. The van der Waals surface area contributed by atoms with Crippen molar-refractivity contribution in [1.29, 1.82) is 0 Å². The van der Waals surface area contributed by atoms with Crippen LogP contribution in [0, 0.1) is 0 Å². The van der Waals surface area contributed by atoms with Crippen molar-refractivity contribution in [2.75, 3.05) is 25.1 Å². The lowest BCUT2D eigenvalue weighted by molar-refractivity contribution is 0.0148. The van der Waals surface area contributed by atoms with Gasteiger partial charge in [-0.2, -0.15) is 0 Å². The number of hydrogen-bond donors (Lipinski definition) is 1. The molecule has 4 nitrogen and oxygen atoms in total. The normalized spacial score (nSPS) is 18.3. The molecule has 0 radical (unpaired) electrons. The summed E-state index contributed by atoms with van der Waals surface area (Å²) in [6.45, 7) is 1.70. The van der Waals surface area contributed by atoms with E-state index in [-0.39, 0.29) is 12.1 Å². The highest BCUT2D eigenvalue weighted by Gasteiger charge is 2.28. The van der Waals surface area contributed by atoms with Gasteiger partial charge in [-0.05, 0) is 17.7 Å². The lowest BCUT2D eigenvalue weighted by atomic mass is 10.1. The van der Waals surface area contributed by atoms with Gasteiger partial charge in [0.05, 0.1) is 19.3 Å². The molecule has 2 amide bonds. The Morgan fingerprint density at radius 2 is 1.71 bits per heavy atom. The zero-order valence-corrected chi connectivity index (χ0v) is 11.7. The van der Waals surface area contributed by atoms with Gasteiger partial charge in [0.2, 0.25) is 0 Å². The van der Waals surface area contributed by atoms with Gasteiger partial charge in [0.1, 0.15) is 0 Å². The Morgan fingerprint density at radius 3 is 2.43 bits per heavy atom. The summed E-state index contributed by atoms with van der Waals surface area (Å²) >= 11 is 0. The maximum atomic E-state index is 12.5. The van der Waals surface area contributed by atoms with Crippen LogP contribution in [0.1, 0.15) is 11.6 Å². The van der Waals surface area contributed by atoms with Crippen molar-refractivity contribution in [3.63, 3.8) is 0 Å². The lowest BCUT2D eigenvalue weighted by Crippen LogP contribution is -2.45. The van der Waals surface area contributed by atoms with Crippen molar-refractivity contribution in [3.05, 3.63) is 66.2 Å². The fourth-order valence-corrected chi connectivity index (χ4v) is 2.51. The van der Waals surface area contributed by atoms with E-state index in [1.165, 1.54) is 0 Å². The number of para-hydroxylation sites is 1. The molecule has 0 saturated carbocycles. The smallest absolute Gasteiger partial charge is 0.322 e. The number of nitrogens with zero attached hydrogens (tertiary/aromatic N) is 1. The molecular formula is C17H18N2O2. The topological polar surface area (TPSA) is 41.6 Å². The average molecular weight is 282 g/mol. The molecule has 1 unspecified atom stereocenters. The second-order valence-electron chi connectivity index (χ2n) is 4.99. The molecule has 2 aromatic carbocycles. The fourth-order valence-electron chi connectivity index (χ4n) is 2.51. The minimum Gasteiger partial charge on any atom is -0.377 e. The highest BCUT2D eigenvalue weighted by molar-refractivity contribution is 5.89. The lowest BCUT2D eigenvalue weighted by Gasteiger charge is -2.35. The number of hydrogen-bond acceptors (Lipinski definition) is 2. The molecule has 3 rings (SSSR count). The van der Waals surface area contributed by atoms with Crippen LogP contribution in [0.4, 0.5) is 10.5 Å². The molecule has 1 N–H and O–H groups in total. The van der Waals surface area contributed by atoms with Crippen LogP contribution < -0.4 is 5.32 Å². The van der Waals surface area contributed by atoms with Gasteiger partial charge in [-0.25, -0.2) is 4.79 Å². The number of carbonyl (C=O) groups is 1. The molecule has 1 atom stereocenters. The number of rotatable bonds is 2. The van der Waals surface area contributed by atoms with Gasteiger partial charge in [0, 0.05) is 12.2 Å². The summed E-state index contributed by atoms with van der Waals surface area (Å²) in [7, 11) is 0. The van der Waals surface area contributed by atoms with Gasteiger partial charge < -0.3 is 15.0 Å². The Labute approximate surface area is 124 Å². The highest BCUT2D eigenvalue weighted by Crippen LogP contribution is 2.24. The number of nitrogens with one attached hydrogen (secondary N) is 1. The summed E-state index contributed by atoms with van der Waals surface area (Å²) in [6.07, 6.45) is 0. The molecule has 0 bridgehead atoms. The van der Waals surface area contributed by atoms with Crippen LogP contribution in [-0.4, -0.2) is 30.7 Å². The van der Waals surface area contributed by atoms with Crippen LogP contribution in [0.25, 0.3) is 0 Å². The SMILES string of the molecule is O=C(Nc1ccccc1)N1CCOCC1c1ccccc1. The summed E-state index contributed by atoms with van der Waals surface area (Å²) in [4.78, 5) is 14.3. The van der Waals surface area contributed by atoms with E-state index in [1.54, 1.807) is 0 Å². The molecule has 0 aliphatic carbocycles. The number of anilines is 1. The van der Waals surface area contributed by atoms with Crippen LogP contribution in [0.15, 0.2) is 60.7 Å². The van der Waals surface area contributed by atoms with E-state index in [1.807, 2.05) is 65.6 Å². The first kappa shape index (κ1) is 13.6. The van der Waals surface area contributed by atoms with Gasteiger partial charge >= 0.3 is 6.03 Å². The molecule has 2 aromatic rings. The van der Waals surface area contributed by atoms with Crippen molar-refractivity contribution < 1.29 is 9.53 Å². The van der Waals surface area contributed by atoms with Gasteiger partial charge in [-0.15, -0.1) is 0 Å². The van der Waals surface area contributed by atoms with E-state index >= 15 is 0 Å². The molecule has 108 valence electrons. The second kappa shape index (κ2) is 6.41. The molecule has 21 heavy (non-hydrogen) atoms. The Kier molecular flexibility index (Phi) is 4.17. The van der Waals surface area contributed by atoms with Crippen molar-refractivity contribution >= 4 is 11.7 Å². The third-order valence-corrected chi connectivity index (χ3v) is 3.60. The van der Waals surface area contributed by atoms with Crippen molar-refractivity contribution in [2.24, 2.45) is 0 Å². The first-order valence-electron chi connectivity index (χ1n) is 7.10. The number of ether oxygens (including phenoxy) is 1. The standard InChI is InChI=1S/C17H18N2O2/c20-17(18-15-9-5-2-6-10-15)19-11-12-21-13-16(19)14-7-3-1-4-8-14/h1-10,16H,11-13H2,(H,18,20). The maximum Gasteiger partial charge on any atom is 0.322 e. The van der Waals surface area contributed by atoms with E-state index < -0.39 is 0 Å². The number of morpholine rings is 1. The van der Waals surface area contributed by atoms with Gasteiger partial charge in [-0.1, -0.05) is 48.5 Å². The molecule has 1 heterocycles. The van der Waals surface area contributed by atoms with Crippen LogP contribution in [-0.2, 0) is 4.74 Å². The predicted molar refractivity (Wildman–Crippen MR) is 82.2 cm³/mol. The van der Waals surface area contributed by atoms with E-state index in [0.717, 1.165) is 11.3 Å². The molecule has 1 fully saturated rings. The Bertz CT molecular complexity index is 586. The molecule has 0 spiro atoms. The third kappa shape index (κ3) is 3.23. The van der Waals surface area contributed by atoms with Crippen LogP contribution >= 0.6 is 0 Å². The zero-order valence-electron chi connectivity index (χ0n) is 11.7. The minimum absolute atomic E-state index is 0.0383. The summed E-state index contributed by atoms with van der Waals surface area (Å²) in [5, 5.41) is 2.94. The maximum absolute atomic E-state index is 12.5. The molecular weight excluding hydrogens is 264 g/mol. The Balaban J connectivity index is 1.76. The van der Waals surface area contributed by atoms with Gasteiger partial charge in [0.15, 0.2) is 0 Å². The predicted octanol–water partition coefficient (Wildman–Crippen LogP) is 3.29. The Morgan fingerprint density at radius 1 is 1.05 bits per heavy atom. The molecule has 1 saturated heterocycles. The third-order valence-electron chi connectivity index (χ3n) is 3.60. The molecule has 1 aliphatic heterocycles. The highest BCUT2D eigenvalue weighted by atomic mass is 16.5. The molecule has 1 aliphatic rings. The first-order valence-corrected chi connectivity index (χ1v) is 7.10. The van der Waals surface area contributed by atoms with Crippen molar-refractivity contribution in [1.82, 2.24) is 4.90 Å². The zero-order chi connectivity index (χ0) is 14.5. The van der Waals surface area contributed by atoms with E-state index in [2.05, 4.69) is 5.32 Å². The van der Waals surface area contributed by atoms with E-state index in [4.69, 9.17) is 4.74 Å². The number of amides is 2. The number of carbonyl (C=O) groups excluding carboxylic acids is 1. The van der Waals surface area contributed by atoms with Crippen LogP contribution in [0.5, 0.6) is 0 Å². The minimum atomic E-state index is -0.0849. The summed E-state index contributed by atoms with van der Waals surface area (Å²) in [6, 6.07) is 19.4. The van der Waals surface area contributed by atoms with Crippen molar-refractivity contribution in [3.8, 4) is 0 Å². The van der Waals surface area contributed by atoms with Crippen molar-refractivity contribution in [2.45, 2.75) is 6.04 Å². The summed E-state index contributed by atoms with van der Waals surface area (Å²) in [5.74, 6) is 0. The molecule has 0 aromatic heterocycles. The van der Waals surface area contributed by atoms with Gasteiger partial charge in [-0.3, -0.25) is 0 Å². The summed E-state index contributed by atoms with van der Waals surface area (Å²) < 4.78 is 5.55. The monoisotopic (exact) mass is 282 g/mol. The first-order chi connectivity index (χ1) is 10.3. The van der Waals surface area contributed by atoms with E-state index in [0.29, 0.717) is 19.8 Å². The average Bonchev–Trinajstić information content (AvgIpc) is 2.56. The molecule has 4 heteroatoms. The van der Waals surface area contributed by atoms with E-state index in [9.17, 15) is 4.79 Å². The summed E-state index contributed by atoms with van der Waals surface area (Å²) in [5.41, 5.74) is 1.90. The van der Waals surface area contributed by atoms with Crippen LogP contribution in [0.2, 0.25) is 0 Å². The largest absolute Gasteiger partial charge is 0.377 e. The number of benzene rings is 2. The quantitative estimate of drug-likeness (QED) is 0.918. The Hall–Kier alpha value is -2.33.